The number of aliphatic hydroxyl groups excluding tert-OH is 7. The van der Waals surface area contributed by atoms with Crippen LogP contribution >= 0.6 is 11.8 Å². The quantitative estimate of drug-likeness (QED) is 0.216. The van der Waals surface area contributed by atoms with Crippen molar-refractivity contribution in [1.82, 2.24) is 9.97 Å². The summed E-state index contributed by atoms with van der Waals surface area (Å²) in [6, 6.07) is 7.31. The second kappa shape index (κ2) is 9.87. The van der Waals surface area contributed by atoms with Crippen LogP contribution < -0.4 is 0 Å². The molecule has 8 N–H and O–H groups in total. The van der Waals surface area contributed by atoms with Crippen molar-refractivity contribution in [3.05, 3.63) is 24.3 Å². The Balaban J connectivity index is 1.42. The Labute approximate surface area is 186 Å². The van der Waals surface area contributed by atoms with Gasteiger partial charge in [-0.1, -0.05) is 23.9 Å². The average molecular weight is 474 g/mol. The van der Waals surface area contributed by atoms with Gasteiger partial charge in [0.15, 0.2) is 11.4 Å². The molecule has 1 aromatic carbocycles. The lowest BCUT2D eigenvalue weighted by Gasteiger charge is -2.42. The summed E-state index contributed by atoms with van der Waals surface area (Å²) in [5.41, 5.74) is 0.490. The highest BCUT2D eigenvalue weighted by molar-refractivity contribution is 7.99. The Morgan fingerprint density at radius 2 is 1.56 bits per heavy atom. The molecule has 32 heavy (non-hydrogen) atoms. The number of fused-ring (bicyclic) bond motifs is 1. The van der Waals surface area contributed by atoms with E-state index in [0.717, 1.165) is 17.3 Å². The van der Waals surface area contributed by atoms with E-state index in [2.05, 4.69) is 9.97 Å². The Morgan fingerprint density at radius 3 is 2.28 bits per heavy atom. The fourth-order valence-electron chi connectivity index (χ4n) is 3.64. The third-order valence-corrected chi connectivity index (χ3v) is 6.58. The van der Waals surface area contributed by atoms with Crippen LogP contribution in [0.25, 0.3) is 11.0 Å². The van der Waals surface area contributed by atoms with Gasteiger partial charge in [0.05, 0.1) is 24.2 Å². The van der Waals surface area contributed by atoms with E-state index in [9.17, 15) is 35.7 Å². The van der Waals surface area contributed by atoms with Gasteiger partial charge in [-0.3, -0.25) is 0 Å². The van der Waals surface area contributed by atoms with Crippen molar-refractivity contribution in [3.8, 4) is 0 Å². The number of nitrogens with one attached hydrogen (secondary N) is 1. The molecule has 0 radical (unpaired) electrons. The van der Waals surface area contributed by atoms with E-state index in [4.69, 9.17) is 14.2 Å². The number of aliphatic hydroxyl groups is 7. The van der Waals surface area contributed by atoms with Crippen molar-refractivity contribution in [2.24, 2.45) is 0 Å². The van der Waals surface area contributed by atoms with E-state index in [1.165, 1.54) is 0 Å². The minimum absolute atomic E-state index is 0.384. The van der Waals surface area contributed by atoms with Crippen molar-refractivity contribution in [2.45, 2.75) is 65.7 Å². The average Bonchev–Trinajstić information content (AvgIpc) is 3.20. The highest BCUT2D eigenvalue weighted by Gasteiger charge is 2.47. The monoisotopic (exact) mass is 474 g/mol. The second-order valence-electron chi connectivity index (χ2n) is 7.72. The van der Waals surface area contributed by atoms with Gasteiger partial charge < -0.3 is 54.9 Å². The molecule has 178 valence electrons. The zero-order valence-electron chi connectivity index (χ0n) is 16.7. The molecule has 12 nitrogen and oxygen atoms in total. The van der Waals surface area contributed by atoms with Crippen LogP contribution in [0.1, 0.15) is 0 Å². The third-order valence-electron chi connectivity index (χ3n) is 5.54. The summed E-state index contributed by atoms with van der Waals surface area (Å²) >= 11 is 1.02. The molecule has 3 heterocycles. The molecule has 1 aromatic heterocycles. The molecule has 2 aliphatic heterocycles. The Hall–Kier alpha value is -1.36. The van der Waals surface area contributed by atoms with Crippen molar-refractivity contribution >= 4 is 22.8 Å². The lowest BCUT2D eigenvalue weighted by Crippen LogP contribution is -2.61. The predicted molar refractivity (Wildman–Crippen MR) is 108 cm³/mol. The number of benzene rings is 1. The molecule has 2 fully saturated rings. The molecule has 0 saturated carbocycles. The minimum Gasteiger partial charge on any atom is -0.394 e. The zero-order chi connectivity index (χ0) is 23.0. The largest absolute Gasteiger partial charge is 0.394 e. The van der Waals surface area contributed by atoms with Crippen LogP contribution in [0.5, 0.6) is 0 Å². The van der Waals surface area contributed by atoms with Gasteiger partial charge in [-0.2, -0.15) is 0 Å². The number of imidazole rings is 1. The fourth-order valence-corrected chi connectivity index (χ4v) is 4.68. The van der Waals surface area contributed by atoms with Crippen LogP contribution in [-0.4, -0.2) is 119 Å². The fraction of sp³-hybridized carbons (Fsp3) is 0.632. The summed E-state index contributed by atoms with van der Waals surface area (Å²) in [6.07, 6.45) is -13.0. The molecule has 2 aliphatic rings. The highest BCUT2D eigenvalue weighted by Crippen LogP contribution is 2.33. The van der Waals surface area contributed by atoms with E-state index >= 15 is 0 Å². The smallest absolute Gasteiger partial charge is 0.186 e. The molecular formula is C19H26N2O10S. The molecular weight excluding hydrogens is 448 g/mol. The van der Waals surface area contributed by atoms with Gasteiger partial charge in [0, 0.05) is 0 Å². The molecule has 2 aromatic rings. The molecule has 0 aliphatic carbocycles. The Bertz CT molecular complexity index is 867. The highest BCUT2D eigenvalue weighted by atomic mass is 32.2. The predicted octanol–water partition coefficient (Wildman–Crippen LogP) is -2.72. The molecule has 4 rings (SSSR count). The van der Waals surface area contributed by atoms with Crippen molar-refractivity contribution in [2.75, 3.05) is 13.2 Å². The topological polar surface area (TPSA) is 198 Å². The van der Waals surface area contributed by atoms with Gasteiger partial charge >= 0.3 is 0 Å². The van der Waals surface area contributed by atoms with Gasteiger partial charge in [0.25, 0.3) is 0 Å². The first-order valence-electron chi connectivity index (χ1n) is 10.0. The Kier molecular flexibility index (Phi) is 7.33. The van der Waals surface area contributed by atoms with E-state index in [1.54, 1.807) is 0 Å². The van der Waals surface area contributed by atoms with Crippen molar-refractivity contribution in [3.63, 3.8) is 0 Å². The lowest BCUT2D eigenvalue weighted by atomic mass is 9.99. The molecule has 0 amide bonds. The van der Waals surface area contributed by atoms with E-state index in [1.807, 2.05) is 24.3 Å². The minimum atomic E-state index is -1.62. The molecule has 0 bridgehead atoms. The number of para-hydroxylation sites is 2. The van der Waals surface area contributed by atoms with Crippen LogP contribution in [0.2, 0.25) is 0 Å². The summed E-state index contributed by atoms with van der Waals surface area (Å²) in [5.74, 6) is 0. The maximum absolute atomic E-state index is 10.4. The first kappa shape index (κ1) is 23.8. The van der Waals surface area contributed by atoms with Gasteiger partial charge in [-0.15, -0.1) is 0 Å². The molecule has 2 saturated heterocycles. The van der Waals surface area contributed by atoms with Crippen LogP contribution in [0.15, 0.2) is 29.4 Å². The third kappa shape index (κ3) is 4.64. The standard InChI is InChI=1S/C19H26N2O10S/c22-5-9-11(23)13(25)15(27)17(30-9)29-6-10-12(24)14(26)16(28)18(31-10)32-19-20-7-3-1-2-4-8(7)21-19/h1-4,9-18,22-28H,5-6H2,(H,20,21)/t9-,10-,11-,12-,13+,14+,15-,16-,17-,18+/m1/s1. The number of ether oxygens (including phenoxy) is 3. The van der Waals surface area contributed by atoms with Crippen molar-refractivity contribution < 1.29 is 50.0 Å². The number of hydrogen-bond donors (Lipinski definition) is 8. The number of rotatable bonds is 6. The summed E-state index contributed by atoms with van der Waals surface area (Å²) < 4.78 is 16.4. The summed E-state index contributed by atoms with van der Waals surface area (Å²) in [6.45, 7) is -1.00. The SMILES string of the molecule is OC[C@H]1O[C@@H](OC[C@H]2O[C@@H](Sc3nc4ccccc4[nH]3)[C@H](O)[C@@H](O)[C@@H]2O)[C@H](O)[C@@H](O)[C@@H]1O. The second-order valence-corrected chi connectivity index (χ2v) is 8.81. The van der Waals surface area contributed by atoms with E-state index in [-0.39, 0.29) is 6.61 Å². The lowest BCUT2D eigenvalue weighted by molar-refractivity contribution is -0.311. The zero-order valence-corrected chi connectivity index (χ0v) is 17.5. The normalized spacial score (nSPS) is 40.6. The molecule has 10 atom stereocenters. The van der Waals surface area contributed by atoms with E-state index < -0.39 is 67.2 Å². The van der Waals surface area contributed by atoms with Gasteiger partial charge in [0.2, 0.25) is 0 Å². The molecule has 13 heteroatoms. The van der Waals surface area contributed by atoms with E-state index in [0.29, 0.717) is 10.7 Å². The first-order valence-corrected chi connectivity index (χ1v) is 10.9. The molecule has 0 unspecified atom stereocenters. The number of aromatic nitrogens is 2. The summed E-state index contributed by atoms with van der Waals surface area (Å²) in [4.78, 5) is 7.46. The molecule has 0 spiro atoms. The van der Waals surface area contributed by atoms with Crippen LogP contribution in [0, 0.1) is 0 Å². The number of hydrogen-bond acceptors (Lipinski definition) is 12. The van der Waals surface area contributed by atoms with Gasteiger partial charge in [-0.25, -0.2) is 4.98 Å². The number of thioether (sulfide) groups is 1. The van der Waals surface area contributed by atoms with Crippen LogP contribution in [0.4, 0.5) is 0 Å². The van der Waals surface area contributed by atoms with Crippen LogP contribution in [0.3, 0.4) is 0 Å². The number of aromatic amines is 1. The summed E-state index contributed by atoms with van der Waals surface area (Å²) in [5, 5.41) is 70.4. The Morgan fingerprint density at radius 1 is 0.875 bits per heavy atom. The van der Waals surface area contributed by atoms with Crippen molar-refractivity contribution in [1.29, 1.82) is 0 Å². The number of H-pyrrole nitrogens is 1. The summed E-state index contributed by atoms with van der Waals surface area (Å²) in [7, 11) is 0. The number of nitrogens with zero attached hydrogens (tertiary/aromatic N) is 1. The maximum atomic E-state index is 10.4. The maximum Gasteiger partial charge on any atom is 0.186 e. The van der Waals surface area contributed by atoms with Crippen LogP contribution in [-0.2, 0) is 14.2 Å². The van der Waals surface area contributed by atoms with Gasteiger partial charge in [-0.05, 0) is 12.1 Å². The first-order chi connectivity index (χ1) is 15.3. The van der Waals surface area contributed by atoms with Gasteiger partial charge in [0.1, 0.15) is 54.3 Å².